The molecule has 0 fully saturated rings. The molecular formula is C14H14N2O5. The minimum absolute atomic E-state index is 0.0519. The van der Waals surface area contributed by atoms with Gasteiger partial charge in [-0.1, -0.05) is 6.92 Å². The number of benzene rings is 1. The molecule has 0 aliphatic carbocycles. The van der Waals surface area contributed by atoms with Crippen LogP contribution in [0.15, 0.2) is 18.2 Å². The number of hydrogen-bond donors (Lipinski definition) is 0. The van der Waals surface area contributed by atoms with Crippen LogP contribution < -0.4 is 0 Å². The average Bonchev–Trinajstić information content (AvgIpc) is 2.71. The van der Waals surface area contributed by atoms with Gasteiger partial charge < -0.3 is 0 Å². The molecule has 1 aromatic carbocycles. The minimum atomic E-state index is -0.611. The molecule has 110 valence electrons. The first-order valence-corrected chi connectivity index (χ1v) is 6.62. The maximum Gasteiger partial charge on any atom is 0.270 e. The summed E-state index contributed by atoms with van der Waals surface area (Å²) >= 11 is 0. The molecule has 0 spiro atoms. The van der Waals surface area contributed by atoms with E-state index < -0.39 is 16.7 Å². The highest BCUT2D eigenvalue weighted by atomic mass is 16.6. The highest BCUT2D eigenvalue weighted by molar-refractivity contribution is 6.21. The molecule has 0 radical (unpaired) electrons. The van der Waals surface area contributed by atoms with Crippen molar-refractivity contribution in [2.24, 2.45) is 0 Å². The van der Waals surface area contributed by atoms with E-state index in [1.165, 1.54) is 12.1 Å². The third-order valence-corrected chi connectivity index (χ3v) is 3.40. The summed E-state index contributed by atoms with van der Waals surface area (Å²) in [7, 11) is 0. The van der Waals surface area contributed by atoms with Gasteiger partial charge >= 0.3 is 0 Å². The van der Waals surface area contributed by atoms with Gasteiger partial charge in [-0.05, 0) is 12.5 Å². The quantitative estimate of drug-likeness (QED) is 0.453. The molecule has 0 unspecified atom stereocenters. The van der Waals surface area contributed by atoms with Gasteiger partial charge in [-0.2, -0.15) is 0 Å². The molecule has 2 amide bonds. The lowest BCUT2D eigenvalue weighted by molar-refractivity contribution is -0.384. The van der Waals surface area contributed by atoms with Gasteiger partial charge in [0, 0.05) is 31.5 Å². The molecule has 0 saturated carbocycles. The van der Waals surface area contributed by atoms with Crippen molar-refractivity contribution in [1.82, 2.24) is 4.90 Å². The number of nitro benzene ring substituents is 1. The molecule has 0 atom stereocenters. The molecule has 0 bridgehead atoms. The maximum absolute atomic E-state index is 12.1. The molecule has 1 aliphatic rings. The lowest BCUT2D eigenvalue weighted by Crippen LogP contribution is -2.31. The molecule has 1 aliphatic heterocycles. The third kappa shape index (κ3) is 2.81. The van der Waals surface area contributed by atoms with E-state index in [9.17, 15) is 24.5 Å². The van der Waals surface area contributed by atoms with Gasteiger partial charge in [0.15, 0.2) is 0 Å². The summed E-state index contributed by atoms with van der Waals surface area (Å²) in [4.78, 5) is 46.6. The lowest BCUT2D eigenvalue weighted by Gasteiger charge is -2.12. The van der Waals surface area contributed by atoms with Crippen molar-refractivity contribution < 1.29 is 19.3 Å². The Bertz CT molecular complexity index is 638. The number of fused-ring (bicyclic) bond motifs is 1. The van der Waals surface area contributed by atoms with Crippen LogP contribution >= 0.6 is 0 Å². The largest absolute Gasteiger partial charge is 0.300 e. The van der Waals surface area contributed by atoms with Crippen LogP contribution in [-0.4, -0.2) is 34.0 Å². The van der Waals surface area contributed by atoms with Gasteiger partial charge in [0.05, 0.1) is 16.1 Å². The second-order valence-corrected chi connectivity index (χ2v) is 4.74. The average molecular weight is 290 g/mol. The van der Waals surface area contributed by atoms with E-state index in [2.05, 4.69) is 0 Å². The number of ketones is 1. The molecule has 21 heavy (non-hydrogen) atoms. The Hall–Kier alpha value is -2.57. The van der Waals surface area contributed by atoms with Crippen LogP contribution in [-0.2, 0) is 4.79 Å². The molecule has 1 aromatic rings. The number of carbonyl (C=O) groups is 3. The van der Waals surface area contributed by atoms with Crippen LogP contribution in [0.2, 0.25) is 0 Å². The van der Waals surface area contributed by atoms with Gasteiger partial charge in [-0.25, -0.2) is 0 Å². The van der Waals surface area contributed by atoms with Crippen LogP contribution in [0, 0.1) is 10.1 Å². The van der Waals surface area contributed by atoms with Crippen molar-refractivity contribution in [2.45, 2.75) is 26.2 Å². The van der Waals surface area contributed by atoms with Gasteiger partial charge in [-0.15, -0.1) is 0 Å². The Balaban J connectivity index is 2.14. The van der Waals surface area contributed by atoms with E-state index in [4.69, 9.17) is 0 Å². The summed E-state index contributed by atoms with van der Waals surface area (Å²) in [6.07, 6.45) is 1.14. The SMILES string of the molecule is CCC(=O)CCCN1C(=O)c2ccc([N+](=O)[O-])cc2C1=O. The highest BCUT2D eigenvalue weighted by Gasteiger charge is 2.36. The first-order valence-electron chi connectivity index (χ1n) is 6.62. The Morgan fingerprint density at radius 1 is 1.24 bits per heavy atom. The van der Waals surface area contributed by atoms with Crippen molar-refractivity contribution >= 4 is 23.3 Å². The van der Waals surface area contributed by atoms with Gasteiger partial charge in [0.25, 0.3) is 17.5 Å². The fourth-order valence-corrected chi connectivity index (χ4v) is 2.21. The first kappa shape index (κ1) is 14.8. The molecule has 0 N–H and O–H groups in total. The van der Waals surface area contributed by atoms with Crippen LogP contribution in [0.5, 0.6) is 0 Å². The molecule has 2 rings (SSSR count). The fraction of sp³-hybridized carbons (Fsp3) is 0.357. The summed E-state index contributed by atoms with van der Waals surface area (Å²) in [5, 5.41) is 10.7. The van der Waals surface area contributed by atoms with Crippen molar-refractivity contribution in [3.63, 3.8) is 0 Å². The third-order valence-electron chi connectivity index (χ3n) is 3.40. The number of hydrogen-bond acceptors (Lipinski definition) is 5. The number of carbonyl (C=O) groups excluding carboxylic acids is 3. The molecular weight excluding hydrogens is 276 g/mol. The van der Waals surface area contributed by atoms with Gasteiger partial charge in [-0.3, -0.25) is 29.4 Å². The lowest BCUT2D eigenvalue weighted by atomic mass is 10.1. The summed E-state index contributed by atoms with van der Waals surface area (Å²) in [6, 6.07) is 3.62. The zero-order valence-electron chi connectivity index (χ0n) is 11.5. The Kier molecular flexibility index (Phi) is 4.11. The van der Waals surface area contributed by atoms with E-state index in [-0.39, 0.29) is 29.1 Å². The molecule has 0 saturated heterocycles. The van der Waals surface area contributed by atoms with Crippen molar-refractivity contribution in [3.8, 4) is 0 Å². The number of rotatable bonds is 6. The predicted octanol–water partition coefficient (Wildman–Crippen LogP) is 1.95. The number of non-ortho nitro benzene ring substituents is 1. The van der Waals surface area contributed by atoms with E-state index in [0.29, 0.717) is 19.3 Å². The van der Waals surface area contributed by atoms with Crippen molar-refractivity contribution in [1.29, 1.82) is 0 Å². The number of amides is 2. The minimum Gasteiger partial charge on any atom is -0.300 e. The van der Waals surface area contributed by atoms with E-state index in [1.807, 2.05) is 0 Å². The normalized spacial score (nSPS) is 13.5. The van der Waals surface area contributed by atoms with Gasteiger partial charge in [0.1, 0.15) is 5.78 Å². The van der Waals surface area contributed by atoms with E-state index >= 15 is 0 Å². The number of imide groups is 1. The number of nitrogens with zero attached hydrogens (tertiary/aromatic N) is 2. The van der Waals surface area contributed by atoms with Gasteiger partial charge in [0.2, 0.25) is 0 Å². The smallest absolute Gasteiger partial charge is 0.270 e. The summed E-state index contributed by atoms with van der Waals surface area (Å²) < 4.78 is 0. The first-order chi connectivity index (χ1) is 9.95. The van der Waals surface area contributed by atoms with Crippen LogP contribution in [0.3, 0.4) is 0 Å². The van der Waals surface area contributed by atoms with Crippen LogP contribution in [0.25, 0.3) is 0 Å². The summed E-state index contributed by atoms with van der Waals surface area (Å²) in [6.45, 7) is 1.90. The monoisotopic (exact) mass is 290 g/mol. The highest BCUT2D eigenvalue weighted by Crippen LogP contribution is 2.26. The molecule has 7 nitrogen and oxygen atoms in total. The van der Waals surface area contributed by atoms with E-state index in [0.717, 1.165) is 11.0 Å². The zero-order chi connectivity index (χ0) is 15.6. The number of Topliss-reactive ketones (excluding diaryl/α,β-unsaturated/α-hetero) is 1. The molecule has 1 heterocycles. The standard InChI is InChI=1S/C14H14N2O5/c1-2-10(17)4-3-7-15-13(18)11-6-5-9(16(20)21)8-12(11)14(15)19/h5-6,8H,2-4,7H2,1H3. The predicted molar refractivity (Wildman–Crippen MR) is 73.0 cm³/mol. The molecule has 7 heteroatoms. The second-order valence-electron chi connectivity index (χ2n) is 4.74. The topological polar surface area (TPSA) is 97.6 Å². The van der Waals surface area contributed by atoms with Crippen molar-refractivity contribution in [2.75, 3.05) is 6.54 Å². The van der Waals surface area contributed by atoms with Crippen LogP contribution in [0.1, 0.15) is 46.9 Å². The van der Waals surface area contributed by atoms with E-state index in [1.54, 1.807) is 6.92 Å². The maximum atomic E-state index is 12.1. The Morgan fingerprint density at radius 2 is 1.90 bits per heavy atom. The fourth-order valence-electron chi connectivity index (χ4n) is 2.21. The Morgan fingerprint density at radius 3 is 2.52 bits per heavy atom. The zero-order valence-corrected chi connectivity index (χ0v) is 11.5. The van der Waals surface area contributed by atoms with Crippen molar-refractivity contribution in [3.05, 3.63) is 39.4 Å². The molecule has 0 aromatic heterocycles. The summed E-state index contributed by atoms with van der Waals surface area (Å²) in [5.74, 6) is -0.932. The van der Waals surface area contributed by atoms with Crippen LogP contribution in [0.4, 0.5) is 5.69 Å². The number of nitro groups is 1. The Labute approximate surface area is 120 Å². The second kappa shape index (κ2) is 5.82. The summed E-state index contributed by atoms with van der Waals surface area (Å²) in [5.41, 5.74) is 0.00125.